The highest BCUT2D eigenvalue weighted by molar-refractivity contribution is 6.00. The molecule has 0 fully saturated rings. The van der Waals surface area contributed by atoms with Crippen LogP contribution in [0.25, 0.3) is 0 Å². The maximum Gasteiger partial charge on any atom is 0.292 e. The molecule has 0 aliphatic rings. The molecule has 2 aromatic rings. The van der Waals surface area contributed by atoms with Crippen molar-refractivity contribution in [3.05, 3.63) is 70.3 Å². The van der Waals surface area contributed by atoms with E-state index < -0.39 is 11.2 Å². The minimum absolute atomic E-state index is 0.104. The number of Topliss-reactive ketones (excluding diaryl/α,β-unsaturated/α-hetero) is 1. The van der Waals surface area contributed by atoms with E-state index in [1.807, 2.05) is 6.07 Å². The van der Waals surface area contributed by atoms with Gasteiger partial charge in [0, 0.05) is 18.2 Å². The number of anilines is 1. The molecular weight excluding hydrogens is 284 g/mol. The zero-order valence-corrected chi connectivity index (χ0v) is 12.1. The van der Waals surface area contributed by atoms with Gasteiger partial charge in [-0.05, 0) is 13.0 Å². The molecule has 0 bridgehead atoms. The average molecular weight is 300 g/mol. The normalized spacial score (nSPS) is 11.7. The molecule has 0 spiro atoms. The van der Waals surface area contributed by atoms with E-state index in [4.69, 9.17) is 4.74 Å². The summed E-state index contributed by atoms with van der Waals surface area (Å²) in [6, 6.07) is 14.8. The molecule has 0 amide bonds. The van der Waals surface area contributed by atoms with E-state index >= 15 is 0 Å². The summed E-state index contributed by atoms with van der Waals surface area (Å²) in [7, 11) is 0. The number of ether oxygens (including phenoxy) is 1. The number of carbonyl (C=O) groups is 1. The summed E-state index contributed by atoms with van der Waals surface area (Å²) in [6.45, 7) is 2.06. The molecule has 0 aliphatic heterocycles. The van der Waals surface area contributed by atoms with Gasteiger partial charge in [0.05, 0.1) is 4.92 Å². The number of hydrogen-bond donors (Lipinski definition) is 1. The number of para-hydroxylation sites is 2. The van der Waals surface area contributed by atoms with E-state index in [0.717, 1.165) is 0 Å². The smallest absolute Gasteiger partial charge is 0.292 e. The number of carbonyl (C=O) groups excluding carboxylic acids is 1. The van der Waals surface area contributed by atoms with Crippen LogP contribution in [0.15, 0.2) is 54.6 Å². The number of nitro groups is 1. The molecule has 1 unspecified atom stereocenters. The zero-order chi connectivity index (χ0) is 15.9. The number of hydrogen-bond acceptors (Lipinski definition) is 5. The SMILES string of the molecule is CCOC(Nc1ccccc1[N+](=O)[O-])C(=O)c1ccccc1. The number of rotatable bonds is 7. The lowest BCUT2D eigenvalue weighted by Gasteiger charge is -2.18. The molecule has 0 heterocycles. The van der Waals surface area contributed by atoms with Crippen molar-refractivity contribution in [1.82, 2.24) is 0 Å². The fraction of sp³-hybridized carbons (Fsp3) is 0.188. The number of nitrogens with one attached hydrogen (secondary N) is 1. The molecule has 6 nitrogen and oxygen atoms in total. The van der Waals surface area contributed by atoms with E-state index in [-0.39, 0.29) is 17.2 Å². The maximum absolute atomic E-state index is 12.5. The van der Waals surface area contributed by atoms with E-state index in [0.29, 0.717) is 12.2 Å². The van der Waals surface area contributed by atoms with Crippen LogP contribution in [0.5, 0.6) is 0 Å². The molecule has 0 saturated heterocycles. The molecule has 0 aliphatic carbocycles. The maximum atomic E-state index is 12.5. The van der Waals surface area contributed by atoms with Crippen molar-refractivity contribution in [2.75, 3.05) is 11.9 Å². The van der Waals surface area contributed by atoms with Gasteiger partial charge in [-0.3, -0.25) is 14.9 Å². The van der Waals surface area contributed by atoms with Crippen LogP contribution in [0.4, 0.5) is 11.4 Å². The van der Waals surface area contributed by atoms with Crippen molar-refractivity contribution in [2.45, 2.75) is 13.2 Å². The van der Waals surface area contributed by atoms with Crippen LogP contribution >= 0.6 is 0 Å². The van der Waals surface area contributed by atoms with Crippen molar-refractivity contribution in [2.24, 2.45) is 0 Å². The molecule has 1 atom stereocenters. The van der Waals surface area contributed by atoms with Gasteiger partial charge in [-0.25, -0.2) is 0 Å². The summed E-state index contributed by atoms with van der Waals surface area (Å²) in [5, 5.41) is 13.9. The average Bonchev–Trinajstić information content (AvgIpc) is 2.55. The summed E-state index contributed by atoms with van der Waals surface area (Å²) >= 11 is 0. The molecule has 2 aromatic carbocycles. The Morgan fingerprint density at radius 2 is 1.82 bits per heavy atom. The minimum atomic E-state index is -0.978. The second-order valence-electron chi connectivity index (χ2n) is 4.48. The minimum Gasteiger partial charge on any atom is -0.351 e. The summed E-state index contributed by atoms with van der Waals surface area (Å²) in [5.41, 5.74) is 0.621. The quantitative estimate of drug-likeness (QED) is 0.367. The highest BCUT2D eigenvalue weighted by Crippen LogP contribution is 2.24. The summed E-state index contributed by atoms with van der Waals surface area (Å²) in [5.74, 6) is -0.277. The fourth-order valence-corrected chi connectivity index (χ4v) is 2.00. The number of nitrogens with zero attached hydrogens (tertiary/aromatic N) is 1. The van der Waals surface area contributed by atoms with Crippen molar-refractivity contribution < 1.29 is 14.5 Å². The van der Waals surface area contributed by atoms with Gasteiger partial charge in [0.25, 0.3) is 5.69 Å². The molecule has 2 rings (SSSR count). The Morgan fingerprint density at radius 1 is 1.18 bits per heavy atom. The zero-order valence-electron chi connectivity index (χ0n) is 12.1. The van der Waals surface area contributed by atoms with Crippen LogP contribution < -0.4 is 5.32 Å². The van der Waals surface area contributed by atoms with E-state index in [2.05, 4.69) is 5.32 Å². The van der Waals surface area contributed by atoms with Crippen molar-refractivity contribution in [1.29, 1.82) is 0 Å². The topological polar surface area (TPSA) is 81.5 Å². The summed E-state index contributed by atoms with van der Waals surface area (Å²) < 4.78 is 5.41. The molecule has 114 valence electrons. The van der Waals surface area contributed by atoms with Crippen LogP contribution in [0.3, 0.4) is 0 Å². The third-order valence-electron chi connectivity index (χ3n) is 3.02. The fourth-order valence-electron chi connectivity index (χ4n) is 2.00. The first-order chi connectivity index (χ1) is 10.6. The molecule has 6 heteroatoms. The Hall–Kier alpha value is -2.73. The molecule has 0 saturated carbocycles. The van der Waals surface area contributed by atoms with Gasteiger partial charge in [-0.15, -0.1) is 0 Å². The Labute approximate surface area is 127 Å². The summed E-state index contributed by atoms with van der Waals surface area (Å²) in [4.78, 5) is 23.0. The summed E-state index contributed by atoms with van der Waals surface area (Å²) in [6.07, 6.45) is -0.978. The monoisotopic (exact) mass is 300 g/mol. The molecule has 1 N–H and O–H groups in total. The second-order valence-corrected chi connectivity index (χ2v) is 4.48. The van der Waals surface area contributed by atoms with Gasteiger partial charge < -0.3 is 10.1 Å². The van der Waals surface area contributed by atoms with Gasteiger partial charge in [0.1, 0.15) is 5.69 Å². The first-order valence-corrected chi connectivity index (χ1v) is 6.84. The van der Waals surface area contributed by atoms with E-state index in [1.54, 1.807) is 49.4 Å². The standard InChI is InChI=1S/C16H16N2O4/c1-2-22-16(15(19)12-8-4-3-5-9-12)17-13-10-6-7-11-14(13)18(20)21/h3-11,16-17H,2H2,1H3. The van der Waals surface area contributed by atoms with Crippen molar-refractivity contribution in [3.8, 4) is 0 Å². The highest BCUT2D eigenvalue weighted by atomic mass is 16.6. The predicted molar refractivity (Wildman–Crippen MR) is 82.9 cm³/mol. The third-order valence-corrected chi connectivity index (χ3v) is 3.02. The van der Waals surface area contributed by atoms with Crippen LogP contribution in [-0.4, -0.2) is 23.5 Å². The molecular formula is C16H16N2O4. The van der Waals surface area contributed by atoms with E-state index in [1.165, 1.54) is 6.07 Å². The van der Waals surface area contributed by atoms with Crippen LogP contribution in [0.2, 0.25) is 0 Å². The highest BCUT2D eigenvalue weighted by Gasteiger charge is 2.23. The number of benzene rings is 2. The van der Waals surface area contributed by atoms with Gasteiger partial charge in [0.15, 0.2) is 6.23 Å². The van der Waals surface area contributed by atoms with Crippen molar-refractivity contribution in [3.63, 3.8) is 0 Å². The Bertz CT molecular complexity index is 658. The molecule has 22 heavy (non-hydrogen) atoms. The lowest BCUT2D eigenvalue weighted by Crippen LogP contribution is -2.32. The van der Waals surface area contributed by atoms with Gasteiger partial charge >= 0.3 is 0 Å². The Morgan fingerprint density at radius 3 is 2.45 bits per heavy atom. The molecule has 0 radical (unpaired) electrons. The van der Waals surface area contributed by atoms with Gasteiger partial charge in [-0.1, -0.05) is 42.5 Å². The van der Waals surface area contributed by atoms with Crippen LogP contribution in [0.1, 0.15) is 17.3 Å². The first kappa shape index (κ1) is 15.7. The predicted octanol–water partition coefficient (Wildman–Crippen LogP) is 3.25. The Kier molecular flexibility index (Phi) is 5.21. The molecule has 0 aromatic heterocycles. The number of ketones is 1. The lowest BCUT2D eigenvalue weighted by atomic mass is 10.1. The van der Waals surface area contributed by atoms with E-state index in [9.17, 15) is 14.9 Å². The third kappa shape index (κ3) is 3.67. The van der Waals surface area contributed by atoms with Gasteiger partial charge in [-0.2, -0.15) is 0 Å². The lowest BCUT2D eigenvalue weighted by molar-refractivity contribution is -0.384. The Balaban J connectivity index is 2.26. The number of nitro benzene ring substituents is 1. The van der Waals surface area contributed by atoms with Crippen LogP contribution in [0, 0.1) is 10.1 Å². The first-order valence-electron chi connectivity index (χ1n) is 6.84. The second kappa shape index (κ2) is 7.33. The van der Waals surface area contributed by atoms with Crippen LogP contribution in [-0.2, 0) is 4.74 Å². The largest absolute Gasteiger partial charge is 0.351 e. The van der Waals surface area contributed by atoms with Crippen molar-refractivity contribution >= 4 is 17.2 Å². The van der Waals surface area contributed by atoms with Gasteiger partial charge in [0.2, 0.25) is 5.78 Å².